The first kappa shape index (κ1) is 19.5. The third kappa shape index (κ3) is 5.61. The van der Waals surface area contributed by atoms with E-state index in [0.29, 0.717) is 12.6 Å². The molecule has 2 N–H and O–H groups in total. The van der Waals surface area contributed by atoms with Crippen molar-refractivity contribution in [1.82, 2.24) is 9.97 Å². The summed E-state index contributed by atoms with van der Waals surface area (Å²) >= 11 is 0. The van der Waals surface area contributed by atoms with E-state index in [4.69, 9.17) is 9.47 Å². The predicted octanol–water partition coefficient (Wildman–Crippen LogP) is 4.59. The largest absolute Gasteiger partial charge is 0.497 e. The molecule has 0 saturated carbocycles. The van der Waals surface area contributed by atoms with Crippen molar-refractivity contribution in [2.45, 2.75) is 20.3 Å². The summed E-state index contributed by atoms with van der Waals surface area (Å²) in [5, 5.41) is 6.62. The third-order valence-corrected chi connectivity index (χ3v) is 4.15. The van der Waals surface area contributed by atoms with Crippen LogP contribution in [0.3, 0.4) is 0 Å². The van der Waals surface area contributed by atoms with Crippen molar-refractivity contribution in [2.75, 3.05) is 30.9 Å². The maximum absolute atomic E-state index is 5.47. The Hall–Kier alpha value is -3.28. The van der Waals surface area contributed by atoms with Gasteiger partial charge in [0.15, 0.2) is 0 Å². The first-order valence-corrected chi connectivity index (χ1v) is 9.38. The zero-order chi connectivity index (χ0) is 19.8. The van der Waals surface area contributed by atoms with E-state index in [1.165, 1.54) is 5.56 Å². The second-order valence-corrected chi connectivity index (χ2v) is 6.33. The van der Waals surface area contributed by atoms with Gasteiger partial charge in [0, 0.05) is 24.0 Å². The van der Waals surface area contributed by atoms with Gasteiger partial charge in [-0.3, -0.25) is 0 Å². The monoisotopic (exact) mass is 378 g/mol. The Morgan fingerprint density at radius 2 is 1.64 bits per heavy atom. The minimum atomic E-state index is 0.566. The Morgan fingerprint density at radius 1 is 0.929 bits per heavy atom. The number of methoxy groups -OCH3 is 1. The summed E-state index contributed by atoms with van der Waals surface area (Å²) in [6.07, 6.45) is 0.898. The molecule has 3 aromatic rings. The maximum Gasteiger partial charge on any atom is 0.229 e. The highest BCUT2D eigenvalue weighted by Crippen LogP contribution is 2.19. The van der Waals surface area contributed by atoms with Gasteiger partial charge in [-0.25, -0.2) is 4.98 Å². The van der Waals surface area contributed by atoms with Crippen LogP contribution < -0.4 is 20.1 Å². The van der Waals surface area contributed by atoms with E-state index in [1.54, 1.807) is 7.11 Å². The number of nitrogens with one attached hydrogen (secondary N) is 2. The fourth-order valence-electron chi connectivity index (χ4n) is 2.77. The average Bonchev–Trinajstić information content (AvgIpc) is 2.70. The lowest BCUT2D eigenvalue weighted by atomic mass is 10.1. The molecule has 0 saturated heterocycles. The average molecular weight is 378 g/mol. The standard InChI is InChI=1S/C22H26N4O2/c1-4-28-20-11-7-18(8-12-20)25-22-24-16(2)15-21(26-22)23-14-13-17-5-9-19(27-3)10-6-17/h5-12,15H,4,13-14H2,1-3H3,(H2,23,24,25,26). The highest BCUT2D eigenvalue weighted by Gasteiger charge is 2.04. The molecule has 0 bridgehead atoms. The molecule has 0 aliphatic rings. The third-order valence-electron chi connectivity index (χ3n) is 4.15. The van der Waals surface area contributed by atoms with E-state index >= 15 is 0 Å². The molecular formula is C22H26N4O2. The molecule has 0 spiro atoms. The SMILES string of the molecule is CCOc1ccc(Nc2nc(C)cc(NCCc3ccc(OC)cc3)n2)cc1. The second kappa shape index (κ2) is 9.60. The molecule has 2 aromatic carbocycles. The van der Waals surface area contributed by atoms with Crippen LogP contribution in [0, 0.1) is 6.92 Å². The predicted molar refractivity (Wildman–Crippen MR) is 113 cm³/mol. The number of ether oxygens (including phenoxy) is 2. The van der Waals surface area contributed by atoms with Crippen molar-refractivity contribution >= 4 is 17.5 Å². The number of hydrogen-bond donors (Lipinski definition) is 2. The summed E-state index contributed by atoms with van der Waals surface area (Å²) in [6, 6.07) is 17.8. The van der Waals surface area contributed by atoms with E-state index in [2.05, 4.69) is 32.7 Å². The Morgan fingerprint density at radius 3 is 2.32 bits per heavy atom. The van der Waals surface area contributed by atoms with E-state index in [1.807, 2.05) is 56.3 Å². The molecule has 0 aliphatic heterocycles. The molecule has 0 amide bonds. The molecule has 6 heteroatoms. The van der Waals surface area contributed by atoms with Crippen molar-refractivity contribution in [1.29, 1.82) is 0 Å². The van der Waals surface area contributed by atoms with Crippen LogP contribution in [0.4, 0.5) is 17.5 Å². The summed E-state index contributed by atoms with van der Waals surface area (Å²) in [6.45, 7) is 5.36. The van der Waals surface area contributed by atoms with Gasteiger partial charge in [-0.2, -0.15) is 4.98 Å². The number of benzene rings is 2. The van der Waals surface area contributed by atoms with Crippen molar-refractivity contribution in [3.05, 3.63) is 65.9 Å². The van der Waals surface area contributed by atoms with Crippen LogP contribution in [0.1, 0.15) is 18.2 Å². The van der Waals surface area contributed by atoms with Gasteiger partial charge >= 0.3 is 0 Å². The summed E-state index contributed by atoms with van der Waals surface area (Å²) < 4.78 is 10.7. The van der Waals surface area contributed by atoms with Gasteiger partial charge in [0.1, 0.15) is 17.3 Å². The van der Waals surface area contributed by atoms with Gasteiger partial charge in [-0.15, -0.1) is 0 Å². The van der Waals surface area contributed by atoms with Gasteiger partial charge < -0.3 is 20.1 Å². The number of rotatable bonds is 9. The molecule has 0 atom stereocenters. The van der Waals surface area contributed by atoms with Crippen LogP contribution in [0.15, 0.2) is 54.6 Å². The van der Waals surface area contributed by atoms with E-state index in [-0.39, 0.29) is 0 Å². The Labute approximate surface area is 166 Å². The van der Waals surface area contributed by atoms with Crippen molar-refractivity contribution < 1.29 is 9.47 Å². The number of aromatic nitrogens is 2. The molecule has 28 heavy (non-hydrogen) atoms. The quantitative estimate of drug-likeness (QED) is 0.568. The molecule has 0 fully saturated rings. The van der Waals surface area contributed by atoms with Crippen LogP contribution in [0.2, 0.25) is 0 Å². The van der Waals surface area contributed by atoms with Crippen LogP contribution in [-0.2, 0) is 6.42 Å². The van der Waals surface area contributed by atoms with Crippen molar-refractivity contribution in [3.63, 3.8) is 0 Å². The first-order chi connectivity index (χ1) is 13.7. The van der Waals surface area contributed by atoms with Crippen LogP contribution in [0.25, 0.3) is 0 Å². The lowest BCUT2D eigenvalue weighted by Crippen LogP contribution is -2.08. The number of aryl methyl sites for hydroxylation is 1. The van der Waals surface area contributed by atoms with Gasteiger partial charge in [-0.05, 0) is 62.2 Å². The van der Waals surface area contributed by atoms with Crippen molar-refractivity contribution in [3.8, 4) is 11.5 Å². The van der Waals surface area contributed by atoms with E-state index in [9.17, 15) is 0 Å². The van der Waals surface area contributed by atoms with Crippen LogP contribution >= 0.6 is 0 Å². The molecular weight excluding hydrogens is 352 g/mol. The Bertz CT molecular complexity index is 880. The molecule has 6 nitrogen and oxygen atoms in total. The summed E-state index contributed by atoms with van der Waals surface area (Å²) in [5.41, 5.74) is 3.06. The maximum atomic E-state index is 5.47. The second-order valence-electron chi connectivity index (χ2n) is 6.33. The highest BCUT2D eigenvalue weighted by molar-refractivity contribution is 5.56. The zero-order valence-corrected chi connectivity index (χ0v) is 16.5. The minimum absolute atomic E-state index is 0.566. The van der Waals surface area contributed by atoms with Gasteiger partial charge in [0.2, 0.25) is 5.95 Å². The topological polar surface area (TPSA) is 68.3 Å². The van der Waals surface area contributed by atoms with Crippen LogP contribution in [0.5, 0.6) is 11.5 Å². The fourth-order valence-corrected chi connectivity index (χ4v) is 2.77. The number of nitrogens with zero attached hydrogens (tertiary/aromatic N) is 2. The molecule has 0 radical (unpaired) electrons. The molecule has 0 unspecified atom stereocenters. The Kier molecular flexibility index (Phi) is 6.68. The molecule has 1 heterocycles. The molecule has 3 rings (SSSR count). The van der Waals surface area contributed by atoms with Crippen LogP contribution in [-0.4, -0.2) is 30.2 Å². The van der Waals surface area contributed by atoms with E-state index < -0.39 is 0 Å². The molecule has 1 aromatic heterocycles. The lowest BCUT2D eigenvalue weighted by Gasteiger charge is -2.11. The van der Waals surface area contributed by atoms with E-state index in [0.717, 1.165) is 41.7 Å². The summed E-state index contributed by atoms with van der Waals surface area (Å²) in [7, 11) is 1.67. The number of anilines is 3. The van der Waals surface area contributed by atoms with Gasteiger partial charge in [0.25, 0.3) is 0 Å². The Balaban J connectivity index is 1.59. The lowest BCUT2D eigenvalue weighted by molar-refractivity contribution is 0.340. The summed E-state index contributed by atoms with van der Waals surface area (Å²) in [4.78, 5) is 9.03. The number of hydrogen-bond acceptors (Lipinski definition) is 6. The highest BCUT2D eigenvalue weighted by atomic mass is 16.5. The minimum Gasteiger partial charge on any atom is -0.497 e. The normalized spacial score (nSPS) is 10.4. The smallest absolute Gasteiger partial charge is 0.229 e. The van der Waals surface area contributed by atoms with Gasteiger partial charge in [-0.1, -0.05) is 12.1 Å². The van der Waals surface area contributed by atoms with Gasteiger partial charge in [0.05, 0.1) is 13.7 Å². The zero-order valence-electron chi connectivity index (χ0n) is 16.5. The summed E-state index contributed by atoms with van der Waals surface area (Å²) in [5.74, 6) is 3.08. The first-order valence-electron chi connectivity index (χ1n) is 9.38. The van der Waals surface area contributed by atoms with Crippen molar-refractivity contribution in [2.24, 2.45) is 0 Å². The molecule has 0 aliphatic carbocycles. The molecule has 146 valence electrons. The fraction of sp³-hybridized carbons (Fsp3) is 0.273.